The van der Waals surface area contributed by atoms with Crippen LogP contribution in [0.1, 0.15) is 49.7 Å². The number of hydrogen-bond donors (Lipinski definition) is 3. The minimum Gasteiger partial charge on any atom is -0.385 e. The molecule has 162 valence electrons. The summed E-state index contributed by atoms with van der Waals surface area (Å²) >= 11 is 0. The van der Waals surface area contributed by atoms with Crippen LogP contribution in [0, 0.1) is 0 Å². The van der Waals surface area contributed by atoms with Crippen LogP contribution in [-0.4, -0.2) is 56.6 Å². The van der Waals surface area contributed by atoms with Crippen LogP contribution in [0.25, 0.3) is 11.2 Å². The third-order valence-corrected chi connectivity index (χ3v) is 7.77. The van der Waals surface area contributed by atoms with E-state index < -0.39 is 5.60 Å². The van der Waals surface area contributed by atoms with Crippen LogP contribution in [0.5, 0.6) is 0 Å². The van der Waals surface area contributed by atoms with E-state index in [0.717, 1.165) is 80.7 Å². The highest BCUT2D eigenvalue weighted by molar-refractivity contribution is 5.89. The van der Waals surface area contributed by atoms with Gasteiger partial charge in [0.15, 0.2) is 17.0 Å². The van der Waals surface area contributed by atoms with Crippen molar-refractivity contribution in [1.82, 2.24) is 24.8 Å². The normalized spacial score (nSPS) is 22.5. The van der Waals surface area contributed by atoms with Crippen LogP contribution in [0.2, 0.25) is 0 Å². The summed E-state index contributed by atoms with van der Waals surface area (Å²) in [7, 11) is 2.19. The molecular weight excluding hydrogens is 390 g/mol. The first-order chi connectivity index (χ1) is 15.0. The Labute approximate surface area is 181 Å². The number of anilines is 3. The highest BCUT2D eigenvalue weighted by atomic mass is 16.3. The lowest BCUT2D eigenvalue weighted by Gasteiger charge is -2.38. The maximum absolute atomic E-state index is 11.3. The number of nitrogens with two attached hydrogens (primary N) is 1. The van der Waals surface area contributed by atoms with Crippen molar-refractivity contribution >= 4 is 28.6 Å². The molecule has 0 unspecified atom stereocenters. The topological polar surface area (TPSA) is 107 Å². The number of hydrogen-bond acceptors (Lipinski definition) is 7. The summed E-state index contributed by atoms with van der Waals surface area (Å²) in [5.41, 5.74) is 10.3. The van der Waals surface area contributed by atoms with Crippen molar-refractivity contribution in [2.45, 2.75) is 49.5 Å². The molecule has 3 aliphatic rings. The van der Waals surface area contributed by atoms with E-state index in [1.807, 2.05) is 0 Å². The third kappa shape index (κ3) is 2.85. The number of benzene rings is 1. The van der Waals surface area contributed by atoms with Gasteiger partial charge in [0, 0.05) is 17.6 Å². The first-order valence-electron chi connectivity index (χ1n) is 11.3. The lowest BCUT2D eigenvalue weighted by molar-refractivity contribution is 0.0445. The van der Waals surface area contributed by atoms with Gasteiger partial charge in [-0.25, -0.2) is 4.98 Å². The molecule has 0 atom stereocenters. The molecule has 8 heteroatoms. The van der Waals surface area contributed by atoms with Crippen LogP contribution >= 0.6 is 0 Å². The van der Waals surface area contributed by atoms with Crippen LogP contribution in [-0.2, 0) is 11.0 Å². The van der Waals surface area contributed by atoms with Gasteiger partial charge in [-0.15, -0.1) is 0 Å². The molecule has 3 aromatic rings. The van der Waals surface area contributed by atoms with Gasteiger partial charge in [0.25, 0.3) is 0 Å². The number of nitrogens with one attached hydrogen (secondary N) is 1. The molecule has 1 saturated carbocycles. The Bertz CT molecular complexity index is 1140. The van der Waals surface area contributed by atoms with E-state index in [0.29, 0.717) is 5.65 Å². The van der Waals surface area contributed by atoms with Crippen LogP contribution in [0.15, 0.2) is 24.5 Å². The molecule has 1 spiro atoms. The fourth-order valence-corrected chi connectivity index (χ4v) is 5.90. The molecule has 0 radical (unpaired) electrons. The molecule has 0 amide bonds. The number of likely N-dealkylation sites (tertiary alicyclic amines) is 1. The Morgan fingerprint density at radius 3 is 2.65 bits per heavy atom. The van der Waals surface area contributed by atoms with Crippen molar-refractivity contribution in [1.29, 1.82) is 0 Å². The van der Waals surface area contributed by atoms with Crippen LogP contribution in [0.4, 0.5) is 17.5 Å². The fourth-order valence-electron chi connectivity index (χ4n) is 5.90. The van der Waals surface area contributed by atoms with Gasteiger partial charge in [0.2, 0.25) is 5.95 Å². The van der Waals surface area contributed by atoms with Gasteiger partial charge in [-0.1, -0.05) is 25.0 Å². The molecule has 1 aromatic carbocycles. The maximum Gasteiger partial charge on any atom is 0.224 e. The fraction of sp³-hybridized carbons (Fsp3) is 0.522. The van der Waals surface area contributed by atoms with Gasteiger partial charge in [0.05, 0.1) is 11.9 Å². The average Bonchev–Trinajstić information content (AvgIpc) is 3.48. The second kappa shape index (κ2) is 6.64. The zero-order valence-corrected chi connectivity index (χ0v) is 17.9. The van der Waals surface area contributed by atoms with Crippen molar-refractivity contribution in [2.75, 3.05) is 37.3 Å². The zero-order valence-electron chi connectivity index (χ0n) is 17.9. The first-order valence-corrected chi connectivity index (χ1v) is 11.3. The number of H-pyrrole nitrogens is 1. The highest BCUT2D eigenvalue weighted by Gasteiger charge is 2.46. The summed E-state index contributed by atoms with van der Waals surface area (Å²) < 4.78 is 0. The van der Waals surface area contributed by atoms with Gasteiger partial charge in [-0.2, -0.15) is 9.97 Å². The molecule has 4 N–H and O–H groups in total. The van der Waals surface area contributed by atoms with E-state index in [9.17, 15) is 5.11 Å². The molecule has 8 nitrogen and oxygen atoms in total. The van der Waals surface area contributed by atoms with E-state index in [4.69, 9.17) is 5.73 Å². The molecule has 2 fully saturated rings. The second-order valence-corrected chi connectivity index (χ2v) is 9.65. The second-order valence-electron chi connectivity index (χ2n) is 9.65. The highest BCUT2D eigenvalue weighted by Crippen LogP contribution is 2.51. The quantitative estimate of drug-likeness (QED) is 0.586. The first kappa shape index (κ1) is 19.0. The van der Waals surface area contributed by atoms with Gasteiger partial charge in [-0.3, -0.25) is 0 Å². The number of nitrogens with zero attached hydrogens (tertiary/aromatic N) is 5. The van der Waals surface area contributed by atoms with Gasteiger partial charge in [0.1, 0.15) is 0 Å². The van der Waals surface area contributed by atoms with Crippen LogP contribution in [0.3, 0.4) is 0 Å². The number of aliphatic hydroxyl groups is 1. The standard InChI is InChI=1S/C23H29N7O/c1-29-10-8-22(9-11-29)13-30(20-18-19(26-14-25-18)27-21(24)28-20)17-12-15(4-5-16(17)22)23(31)6-2-3-7-23/h4-5,12,14,31H,2-3,6-11,13H2,1H3,(H3,24,25,26,27,28). The number of fused-ring (bicyclic) bond motifs is 3. The molecule has 31 heavy (non-hydrogen) atoms. The van der Waals surface area contributed by atoms with E-state index in [1.165, 1.54) is 5.56 Å². The van der Waals surface area contributed by atoms with Crippen molar-refractivity contribution in [3.8, 4) is 0 Å². The summed E-state index contributed by atoms with van der Waals surface area (Å²) in [6.07, 6.45) is 7.63. The molecule has 2 aliphatic heterocycles. The Hall–Kier alpha value is -2.71. The minimum absolute atomic E-state index is 0.0704. The number of nitrogen functional groups attached to an aromatic ring is 1. The number of aromatic amines is 1. The Balaban J connectivity index is 1.52. The number of imidazole rings is 1. The Kier molecular flexibility index (Phi) is 4.07. The molecular formula is C23H29N7O. The van der Waals surface area contributed by atoms with Crippen molar-refractivity contribution in [2.24, 2.45) is 0 Å². The van der Waals surface area contributed by atoms with Crippen LogP contribution < -0.4 is 10.6 Å². The number of piperidine rings is 1. The Morgan fingerprint density at radius 2 is 1.87 bits per heavy atom. The zero-order chi connectivity index (χ0) is 21.2. The maximum atomic E-state index is 11.3. The van der Waals surface area contributed by atoms with E-state index in [2.05, 4.69) is 55.0 Å². The summed E-state index contributed by atoms with van der Waals surface area (Å²) in [5, 5.41) is 11.3. The molecule has 2 aromatic heterocycles. The van der Waals surface area contributed by atoms with Crippen molar-refractivity contribution in [3.05, 3.63) is 35.7 Å². The summed E-state index contributed by atoms with van der Waals surface area (Å²) in [5.74, 6) is 0.986. The average molecular weight is 420 g/mol. The third-order valence-electron chi connectivity index (χ3n) is 7.77. The lowest BCUT2D eigenvalue weighted by Crippen LogP contribution is -2.43. The summed E-state index contributed by atoms with van der Waals surface area (Å²) in [6.45, 7) is 2.99. The van der Waals surface area contributed by atoms with Crippen molar-refractivity contribution < 1.29 is 5.11 Å². The smallest absolute Gasteiger partial charge is 0.224 e. The monoisotopic (exact) mass is 419 g/mol. The van der Waals surface area contributed by atoms with Gasteiger partial charge in [-0.05, 0) is 63.0 Å². The van der Waals surface area contributed by atoms with E-state index in [-0.39, 0.29) is 11.4 Å². The number of rotatable bonds is 2. The SMILES string of the molecule is CN1CCC2(CC1)CN(c1nc(N)nc3[nH]cnc13)c1cc(C3(O)CCCC3)ccc12. The molecule has 0 bridgehead atoms. The van der Waals surface area contributed by atoms with Crippen molar-refractivity contribution in [3.63, 3.8) is 0 Å². The van der Waals surface area contributed by atoms with Gasteiger partial charge >= 0.3 is 0 Å². The summed E-state index contributed by atoms with van der Waals surface area (Å²) in [6, 6.07) is 6.62. The molecule has 6 rings (SSSR count). The minimum atomic E-state index is -0.727. The van der Waals surface area contributed by atoms with E-state index >= 15 is 0 Å². The summed E-state index contributed by atoms with van der Waals surface area (Å²) in [4.78, 5) is 21.2. The van der Waals surface area contributed by atoms with Gasteiger partial charge < -0.3 is 25.6 Å². The molecule has 1 saturated heterocycles. The molecule has 4 heterocycles. The van der Waals surface area contributed by atoms with E-state index in [1.54, 1.807) is 6.33 Å². The predicted molar refractivity (Wildman–Crippen MR) is 120 cm³/mol. The lowest BCUT2D eigenvalue weighted by atomic mass is 9.74. The Morgan fingerprint density at radius 1 is 1.10 bits per heavy atom. The largest absolute Gasteiger partial charge is 0.385 e. The predicted octanol–water partition coefficient (Wildman–Crippen LogP) is 2.81. The molecule has 1 aliphatic carbocycles. The number of aromatic nitrogens is 4.